The van der Waals surface area contributed by atoms with Crippen LogP contribution in [0, 0.1) is 5.92 Å². The molecule has 0 aliphatic carbocycles. The van der Waals surface area contributed by atoms with E-state index in [1.54, 1.807) is 0 Å². The van der Waals surface area contributed by atoms with Gasteiger partial charge in [-0.2, -0.15) is 0 Å². The topological polar surface area (TPSA) is 43.8 Å². The molecular weight excluding hydrogens is 192 g/mol. The Morgan fingerprint density at radius 2 is 1.73 bits per heavy atom. The van der Waals surface area contributed by atoms with Crippen LogP contribution in [0.2, 0.25) is 0 Å². The molecule has 2 heterocycles. The third-order valence-electron chi connectivity index (χ3n) is 3.43. The van der Waals surface area contributed by atoms with E-state index in [0.29, 0.717) is 12.3 Å². The van der Waals surface area contributed by atoms with Crippen molar-refractivity contribution in [1.82, 2.24) is 9.80 Å². The minimum absolute atomic E-state index is 0.347. The molecule has 2 aliphatic rings. The van der Waals surface area contributed by atoms with Gasteiger partial charge in [-0.15, -0.1) is 0 Å². The highest BCUT2D eigenvalue weighted by atomic mass is 16.4. The van der Waals surface area contributed by atoms with Crippen LogP contribution in [-0.2, 0) is 4.79 Å². The lowest BCUT2D eigenvalue weighted by Gasteiger charge is -2.39. The zero-order valence-electron chi connectivity index (χ0n) is 9.19. The molecule has 2 saturated heterocycles. The summed E-state index contributed by atoms with van der Waals surface area (Å²) in [5, 5.41) is 8.61. The highest BCUT2D eigenvalue weighted by Gasteiger charge is 2.28. The highest BCUT2D eigenvalue weighted by Crippen LogP contribution is 2.18. The van der Waals surface area contributed by atoms with Gasteiger partial charge in [-0.25, -0.2) is 0 Å². The number of aliphatic carboxylic acids is 1. The van der Waals surface area contributed by atoms with E-state index in [1.807, 2.05) is 0 Å². The molecule has 0 saturated carbocycles. The van der Waals surface area contributed by atoms with Crippen LogP contribution in [0.15, 0.2) is 0 Å². The zero-order valence-corrected chi connectivity index (χ0v) is 9.19. The molecule has 4 nitrogen and oxygen atoms in total. The molecule has 0 unspecified atom stereocenters. The number of carbonyl (C=O) groups is 1. The molecular formula is C11H20N2O2. The predicted octanol–water partition coefficient (Wildman–Crippen LogP) is 0.489. The maximum atomic E-state index is 10.4. The fraction of sp³-hybridized carbons (Fsp3) is 0.909. The van der Waals surface area contributed by atoms with E-state index >= 15 is 0 Å². The quantitative estimate of drug-likeness (QED) is 0.720. The molecule has 0 radical (unpaired) electrons. The summed E-state index contributed by atoms with van der Waals surface area (Å²) >= 11 is 0. The summed E-state index contributed by atoms with van der Waals surface area (Å²) in [5.74, 6) is -0.250. The van der Waals surface area contributed by atoms with Crippen molar-refractivity contribution in [2.45, 2.75) is 19.3 Å². The van der Waals surface area contributed by atoms with Crippen LogP contribution in [0.4, 0.5) is 0 Å². The Bertz CT molecular complexity index is 221. The number of hydrogen-bond acceptors (Lipinski definition) is 3. The molecule has 86 valence electrons. The fourth-order valence-electron chi connectivity index (χ4n) is 2.52. The molecule has 2 rings (SSSR count). The van der Waals surface area contributed by atoms with Crippen LogP contribution in [0.1, 0.15) is 19.3 Å². The van der Waals surface area contributed by atoms with Crippen molar-refractivity contribution in [3.63, 3.8) is 0 Å². The summed E-state index contributed by atoms with van der Waals surface area (Å²) in [4.78, 5) is 15.3. The van der Waals surface area contributed by atoms with Gasteiger partial charge < -0.3 is 14.9 Å². The van der Waals surface area contributed by atoms with Crippen LogP contribution >= 0.6 is 0 Å². The van der Waals surface area contributed by atoms with E-state index < -0.39 is 5.97 Å². The van der Waals surface area contributed by atoms with Crippen LogP contribution in [0.5, 0.6) is 0 Å². The van der Waals surface area contributed by atoms with E-state index in [9.17, 15) is 4.79 Å². The van der Waals surface area contributed by atoms with Crippen molar-refractivity contribution >= 4 is 5.97 Å². The number of likely N-dealkylation sites (tertiary alicyclic amines) is 2. The normalized spacial score (nSPS) is 24.3. The van der Waals surface area contributed by atoms with Crippen molar-refractivity contribution in [3.05, 3.63) is 0 Å². The Morgan fingerprint density at radius 3 is 2.33 bits per heavy atom. The maximum Gasteiger partial charge on any atom is 0.303 e. The third kappa shape index (κ3) is 3.18. The van der Waals surface area contributed by atoms with Crippen LogP contribution < -0.4 is 0 Å². The first-order valence-corrected chi connectivity index (χ1v) is 5.90. The van der Waals surface area contributed by atoms with Gasteiger partial charge in [0, 0.05) is 26.2 Å². The van der Waals surface area contributed by atoms with Gasteiger partial charge >= 0.3 is 5.97 Å². The van der Waals surface area contributed by atoms with Crippen LogP contribution in [-0.4, -0.2) is 60.1 Å². The summed E-state index contributed by atoms with van der Waals surface area (Å²) < 4.78 is 0. The molecule has 1 N–H and O–H groups in total. The number of rotatable bonds is 5. The smallest absolute Gasteiger partial charge is 0.303 e. The Hall–Kier alpha value is -0.610. The fourth-order valence-corrected chi connectivity index (χ4v) is 2.52. The second-order valence-electron chi connectivity index (χ2n) is 4.77. The Morgan fingerprint density at radius 1 is 1.13 bits per heavy atom. The van der Waals surface area contributed by atoms with Gasteiger partial charge in [-0.1, -0.05) is 0 Å². The molecule has 15 heavy (non-hydrogen) atoms. The number of nitrogens with zero attached hydrogens (tertiary/aromatic N) is 2. The van der Waals surface area contributed by atoms with Crippen LogP contribution in [0.25, 0.3) is 0 Å². The average molecular weight is 212 g/mol. The largest absolute Gasteiger partial charge is 0.481 e. The minimum Gasteiger partial charge on any atom is -0.481 e. The summed E-state index contributed by atoms with van der Waals surface area (Å²) in [7, 11) is 0. The molecule has 0 aromatic rings. The lowest BCUT2D eigenvalue weighted by atomic mass is 9.96. The molecule has 0 bridgehead atoms. The molecule has 0 aromatic carbocycles. The van der Waals surface area contributed by atoms with E-state index in [2.05, 4.69) is 9.80 Å². The van der Waals surface area contributed by atoms with Crippen molar-refractivity contribution < 1.29 is 9.90 Å². The van der Waals surface area contributed by atoms with Crippen molar-refractivity contribution in [2.75, 3.05) is 39.3 Å². The Labute approximate surface area is 90.9 Å². The van der Waals surface area contributed by atoms with Gasteiger partial charge in [0.1, 0.15) is 0 Å². The van der Waals surface area contributed by atoms with Gasteiger partial charge in [0.2, 0.25) is 0 Å². The standard InChI is InChI=1S/C11H20N2O2/c14-11(15)7-10-8-13(9-10)6-5-12-3-1-2-4-12/h10H,1-9H2,(H,14,15). The van der Waals surface area contributed by atoms with Crippen molar-refractivity contribution in [1.29, 1.82) is 0 Å². The van der Waals surface area contributed by atoms with Crippen molar-refractivity contribution in [3.8, 4) is 0 Å². The SMILES string of the molecule is O=C(O)CC1CN(CCN2CCCC2)C1. The molecule has 2 aliphatic heterocycles. The molecule has 0 atom stereocenters. The zero-order chi connectivity index (χ0) is 10.7. The third-order valence-corrected chi connectivity index (χ3v) is 3.43. The summed E-state index contributed by atoms with van der Waals surface area (Å²) in [5.41, 5.74) is 0. The first-order valence-electron chi connectivity index (χ1n) is 5.90. The molecule has 4 heteroatoms. The van der Waals surface area contributed by atoms with Crippen molar-refractivity contribution in [2.24, 2.45) is 5.92 Å². The maximum absolute atomic E-state index is 10.4. The lowest BCUT2D eigenvalue weighted by molar-refractivity contribution is -0.139. The Balaban J connectivity index is 1.53. The van der Waals surface area contributed by atoms with Gasteiger partial charge in [0.05, 0.1) is 6.42 Å². The van der Waals surface area contributed by atoms with Gasteiger partial charge in [0.25, 0.3) is 0 Å². The predicted molar refractivity (Wildman–Crippen MR) is 57.9 cm³/mol. The number of carboxylic acid groups (broad SMARTS) is 1. The summed E-state index contributed by atoms with van der Waals surface area (Å²) in [6.45, 7) is 6.77. The van der Waals surface area contributed by atoms with Crippen LogP contribution in [0.3, 0.4) is 0 Å². The molecule has 0 amide bonds. The average Bonchev–Trinajstić information content (AvgIpc) is 2.60. The highest BCUT2D eigenvalue weighted by molar-refractivity contribution is 5.67. The van der Waals surface area contributed by atoms with E-state index in [0.717, 1.165) is 19.6 Å². The molecule has 0 aromatic heterocycles. The monoisotopic (exact) mass is 212 g/mol. The second-order valence-corrected chi connectivity index (χ2v) is 4.77. The van der Waals surface area contributed by atoms with Gasteiger partial charge in [-0.3, -0.25) is 4.79 Å². The minimum atomic E-state index is -0.654. The number of carboxylic acids is 1. The summed E-state index contributed by atoms with van der Waals surface area (Å²) in [6, 6.07) is 0. The van der Waals surface area contributed by atoms with E-state index in [1.165, 1.54) is 32.5 Å². The summed E-state index contributed by atoms with van der Waals surface area (Å²) in [6.07, 6.45) is 3.05. The first-order chi connectivity index (χ1) is 7.24. The molecule has 0 spiro atoms. The molecule has 2 fully saturated rings. The second kappa shape index (κ2) is 4.94. The first kappa shape index (κ1) is 10.9. The number of hydrogen-bond donors (Lipinski definition) is 1. The lowest BCUT2D eigenvalue weighted by Crippen LogP contribution is -2.49. The van der Waals surface area contributed by atoms with E-state index in [4.69, 9.17) is 5.11 Å². The van der Waals surface area contributed by atoms with Gasteiger partial charge in [-0.05, 0) is 31.8 Å². The Kier molecular flexibility index (Phi) is 3.59. The van der Waals surface area contributed by atoms with Gasteiger partial charge in [0.15, 0.2) is 0 Å². The van der Waals surface area contributed by atoms with E-state index in [-0.39, 0.29) is 0 Å².